The summed E-state index contributed by atoms with van der Waals surface area (Å²) in [4.78, 5) is 26.6. The molecule has 2 nitrogen and oxygen atoms in total. The summed E-state index contributed by atoms with van der Waals surface area (Å²) in [7, 11) is 0. The average Bonchev–Trinajstić information content (AvgIpc) is 2.73. The van der Waals surface area contributed by atoms with Crippen molar-refractivity contribution < 1.29 is 9.59 Å². The number of hydrogen-bond acceptors (Lipinski definition) is 2. The van der Waals surface area contributed by atoms with E-state index in [1.165, 1.54) is 0 Å². The molecule has 3 rings (SSSR count). The van der Waals surface area contributed by atoms with Crippen molar-refractivity contribution in [1.29, 1.82) is 0 Å². The van der Waals surface area contributed by atoms with Crippen LogP contribution in [0.15, 0.2) is 82.0 Å². The van der Waals surface area contributed by atoms with E-state index in [9.17, 15) is 9.59 Å². The van der Waals surface area contributed by atoms with Crippen molar-refractivity contribution in [3.8, 4) is 0 Å². The van der Waals surface area contributed by atoms with Crippen LogP contribution in [-0.4, -0.2) is 11.6 Å². The monoisotopic (exact) mass is 510 g/mol. The van der Waals surface area contributed by atoms with Gasteiger partial charge in [-0.3, -0.25) is 9.59 Å². The van der Waals surface area contributed by atoms with Gasteiger partial charge in [0, 0.05) is 22.3 Å². The molecule has 0 N–H and O–H groups in total. The van der Waals surface area contributed by atoms with Gasteiger partial charge in [-0.1, -0.05) is 101 Å². The van der Waals surface area contributed by atoms with Gasteiger partial charge in [-0.2, -0.15) is 0 Å². The highest BCUT2D eigenvalue weighted by molar-refractivity contribution is 6.13. The molecule has 0 amide bonds. The van der Waals surface area contributed by atoms with E-state index in [0.717, 1.165) is 44.6 Å². The van der Waals surface area contributed by atoms with E-state index in [1.807, 2.05) is 24.3 Å². The second-order valence-electron chi connectivity index (χ2n) is 14.8. The van der Waals surface area contributed by atoms with E-state index in [2.05, 4.69) is 120 Å². The number of allylic oxidation sites excluding steroid dienone is 10. The zero-order valence-corrected chi connectivity index (χ0v) is 25.6. The van der Waals surface area contributed by atoms with Gasteiger partial charge in [-0.25, -0.2) is 0 Å². The molecule has 1 aromatic carbocycles. The third kappa shape index (κ3) is 6.70. The molecule has 202 valence electrons. The maximum atomic E-state index is 13.3. The lowest BCUT2D eigenvalue weighted by Crippen LogP contribution is -2.27. The summed E-state index contributed by atoms with van der Waals surface area (Å²) in [5, 5.41) is 0. The minimum absolute atomic E-state index is 0.148. The normalized spacial score (nSPS) is 17.6. The first-order chi connectivity index (χ1) is 17.2. The Hall–Kier alpha value is -3.00. The minimum atomic E-state index is -0.236. The van der Waals surface area contributed by atoms with Gasteiger partial charge >= 0.3 is 0 Å². The van der Waals surface area contributed by atoms with Crippen LogP contribution in [0.4, 0.5) is 0 Å². The SMILES string of the molecule is CC(C)(C)C1=CC(=Cc2cccc(C=C3C=C(C(C)(C)C)C(=O)C(C(C)(C)C)=C3)c2)C=C(C(C)(C)C)C1=O. The van der Waals surface area contributed by atoms with Crippen LogP contribution >= 0.6 is 0 Å². The molecule has 0 fully saturated rings. The summed E-state index contributed by atoms with van der Waals surface area (Å²) >= 11 is 0. The molecular formula is C36H46O2. The van der Waals surface area contributed by atoms with Crippen LogP contribution in [0, 0.1) is 21.7 Å². The third-order valence-corrected chi connectivity index (χ3v) is 7.03. The van der Waals surface area contributed by atoms with Crippen LogP contribution in [0.5, 0.6) is 0 Å². The molecule has 1 aromatic rings. The zero-order chi connectivity index (χ0) is 28.8. The summed E-state index contributed by atoms with van der Waals surface area (Å²) in [6.07, 6.45) is 12.5. The fourth-order valence-corrected chi connectivity index (χ4v) is 4.82. The highest BCUT2D eigenvalue weighted by Crippen LogP contribution is 2.40. The molecular weight excluding hydrogens is 464 g/mol. The van der Waals surface area contributed by atoms with Crippen molar-refractivity contribution in [2.24, 2.45) is 21.7 Å². The first-order valence-corrected chi connectivity index (χ1v) is 13.7. The Balaban J connectivity index is 2.11. The maximum absolute atomic E-state index is 13.3. The highest BCUT2D eigenvalue weighted by Gasteiger charge is 2.35. The molecule has 2 heteroatoms. The molecule has 2 aliphatic rings. The molecule has 0 aromatic heterocycles. The molecule has 0 heterocycles. The fourth-order valence-electron chi connectivity index (χ4n) is 4.82. The number of benzene rings is 1. The number of hydrogen-bond donors (Lipinski definition) is 0. The van der Waals surface area contributed by atoms with Crippen molar-refractivity contribution in [3.05, 3.63) is 93.1 Å². The molecule has 0 aliphatic heterocycles. The van der Waals surface area contributed by atoms with E-state index < -0.39 is 0 Å². The molecule has 0 saturated heterocycles. The summed E-state index contributed by atoms with van der Waals surface area (Å²) in [5.41, 5.74) is 6.67. The van der Waals surface area contributed by atoms with Crippen LogP contribution in [-0.2, 0) is 9.59 Å². The summed E-state index contributed by atoms with van der Waals surface area (Å²) < 4.78 is 0. The lowest BCUT2D eigenvalue weighted by Gasteiger charge is -2.31. The van der Waals surface area contributed by atoms with Crippen molar-refractivity contribution >= 4 is 23.7 Å². The van der Waals surface area contributed by atoms with Crippen molar-refractivity contribution in [2.45, 2.75) is 83.1 Å². The zero-order valence-electron chi connectivity index (χ0n) is 25.6. The average molecular weight is 511 g/mol. The van der Waals surface area contributed by atoms with Crippen LogP contribution in [0.1, 0.15) is 94.2 Å². The Bertz CT molecular complexity index is 1160. The molecule has 0 unspecified atom stereocenters. The molecule has 0 spiro atoms. The van der Waals surface area contributed by atoms with E-state index >= 15 is 0 Å². The van der Waals surface area contributed by atoms with Crippen LogP contribution in [0.3, 0.4) is 0 Å². The largest absolute Gasteiger partial charge is 0.289 e. The van der Waals surface area contributed by atoms with Gasteiger partial charge in [0.15, 0.2) is 11.6 Å². The van der Waals surface area contributed by atoms with Gasteiger partial charge in [0.05, 0.1) is 0 Å². The van der Waals surface area contributed by atoms with Crippen LogP contribution in [0.25, 0.3) is 12.2 Å². The lowest BCUT2D eigenvalue weighted by molar-refractivity contribution is -0.114. The Morgan fingerprint density at radius 3 is 0.974 bits per heavy atom. The Morgan fingerprint density at radius 1 is 0.474 bits per heavy atom. The molecule has 0 atom stereocenters. The summed E-state index contributed by atoms with van der Waals surface area (Å²) in [6.45, 7) is 25.2. The van der Waals surface area contributed by atoms with E-state index in [1.54, 1.807) is 0 Å². The van der Waals surface area contributed by atoms with Crippen LogP contribution in [0.2, 0.25) is 0 Å². The predicted octanol–water partition coefficient (Wildman–Crippen LogP) is 9.51. The van der Waals surface area contributed by atoms with E-state index in [0.29, 0.717) is 0 Å². The standard InChI is InChI=1S/C36H46O2/c1-33(2,3)27-19-25(20-28(31(27)37)34(4,5)6)17-23-14-13-15-24(16-23)18-26-21-29(35(7,8)9)32(38)30(22-26)36(10,11)12/h13-22H,1-12H3. The number of Topliss-reactive ketones (excluding diaryl/α,β-unsaturated/α-hetero) is 2. The Kier molecular flexibility index (Phi) is 7.74. The maximum Gasteiger partial charge on any atom is 0.186 e. The number of ketones is 2. The minimum Gasteiger partial charge on any atom is -0.289 e. The quantitative estimate of drug-likeness (QED) is 0.397. The predicted molar refractivity (Wildman–Crippen MR) is 163 cm³/mol. The van der Waals surface area contributed by atoms with Crippen molar-refractivity contribution in [1.82, 2.24) is 0 Å². The molecule has 0 bridgehead atoms. The highest BCUT2D eigenvalue weighted by atomic mass is 16.1. The first-order valence-electron chi connectivity index (χ1n) is 13.7. The van der Waals surface area contributed by atoms with Gasteiger partial charge < -0.3 is 0 Å². The van der Waals surface area contributed by atoms with E-state index in [-0.39, 0.29) is 33.2 Å². The van der Waals surface area contributed by atoms with Gasteiger partial charge in [0.2, 0.25) is 0 Å². The smallest absolute Gasteiger partial charge is 0.186 e. The van der Waals surface area contributed by atoms with Gasteiger partial charge in [-0.05, 0) is 86.5 Å². The topological polar surface area (TPSA) is 34.1 Å². The first kappa shape index (κ1) is 29.6. The van der Waals surface area contributed by atoms with Gasteiger partial charge in [0.25, 0.3) is 0 Å². The molecule has 0 saturated carbocycles. The third-order valence-electron chi connectivity index (χ3n) is 7.03. The summed E-state index contributed by atoms with van der Waals surface area (Å²) in [6, 6.07) is 8.42. The van der Waals surface area contributed by atoms with Gasteiger partial charge in [-0.15, -0.1) is 0 Å². The summed E-state index contributed by atoms with van der Waals surface area (Å²) in [5.74, 6) is 0.297. The van der Waals surface area contributed by atoms with Crippen molar-refractivity contribution in [2.75, 3.05) is 0 Å². The van der Waals surface area contributed by atoms with Crippen LogP contribution < -0.4 is 0 Å². The molecule has 0 radical (unpaired) electrons. The number of rotatable bonds is 2. The lowest BCUT2D eigenvalue weighted by atomic mass is 9.71. The Labute approximate surface area is 231 Å². The fraction of sp³-hybridized carbons (Fsp3) is 0.444. The van der Waals surface area contributed by atoms with E-state index in [4.69, 9.17) is 0 Å². The van der Waals surface area contributed by atoms with Gasteiger partial charge in [0.1, 0.15) is 0 Å². The number of carbonyl (C=O) groups is 2. The second-order valence-corrected chi connectivity index (χ2v) is 14.8. The number of carbonyl (C=O) groups excluding carboxylic acids is 2. The molecule has 38 heavy (non-hydrogen) atoms. The van der Waals surface area contributed by atoms with Crippen molar-refractivity contribution in [3.63, 3.8) is 0 Å². The Morgan fingerprint density at radius 2 is 0.737 bits per heavy atom. The second kappa shape index (κ2) is 9.95. The molecule has 2 aliphatic carbocycles.